The van der Waals surface area contributed by atoms with Crippen molar-refractivity contribution in [2.45, 2.75) is 39.2 Å². The molecule has 2 aromatic rings. The van der Waals surface area contributed by atoms with E-state index in [0.717, 1.165) is 18.5 Å². The number of carbonyl (C=O) groups excluding carboxylic acids is 1. The average Bonchev–Trinajstić information content (AvgIpc) is 2.90. The first kappa shape index (κ1) is 17.1. The predicted molar refractivity (Wildman–Crippen MR) is 96.9 cm³/mol. The molecule has 130 valence electrons. The van der Waals surface area contributed by atoms with E-state index in [1.165, 1.54) is 11.9 Å². The third-order valence-electron chi connectivity index (χ3n) is 4.41. The Morgan fingerprint density at radius 2 is 1.84 bits per heavy atom. The van der Waals surface area contributed by atoms with Gasteiger partial charge in [0.25, 0.3) is 5.91 Å². The van der Waals surface area contributed by atoms with Gasteiger partial charge in [0.15, 0.2) is 5.76 Å². The van der Waals surface area contributed by atoms with E-state index in [1.807, 2.05) is 45.0 Å². The lowest BCUT2D eigenvalue weighted by Gasteiger charge is -2.31. The molecule has 0 radical (unpaired) electrons. The highest BCUT2D eigenvalue weighted by molar-refractivity contribution is 6.03. The monoisotopic (exact) mass is 337 g/mol. The number of benzene rings is 1. The summed E-state index contributed by atoms with van der Waals surface area (Å²) in [5.74, 6) is -0.547. The molecule has 1 aliphatic heterocycles. The third-order valence-corrected chi connectivity index (χ3v) is 4.41. The van der Waals surface area contributed by atoms with Crippen molar-refractivity contribution in [2.75, 3.05) is 6.54 Å². The molecule has 1 amide bonds. The molecule has 1 aromatic carbocycles. The molecule has 25 heavy (non-hydrogen) atoms. The summed E-state index contributed by atoms with van der Waals surface area (Å²) < 4.78 is 0. The number of nitrogens with zero attached hydrogens (tertiary/aromatic N) is 3. The highest BCUT2D eigenvalue weighted by Crippen LogP contribution is 2.30. The molecule has 1 aromatic heterocycles. The van der Waals surface area contributed by atoms with Gasteiger partial charge in [-0.3, -0.25) is 4.79 Å². The molecule has 5 nitrogen and oxygen atoms in total. The van der Waals surface area contributed by atoms with Crippen LogP contribution in [0.25, 0.3) is 5.57 Å². The molecule has 3 rings (SSSR count). The molecule has 0 saturated heterocycles. The summed E-state index contributed by atoms with van der Waals surface area (Å²) in [7, 11) is 0. The molecule has 2 heterocycles. The van der Waals surface area contributed by atoms with Crippen molar-refractivity contribution in [1.82, 2.24) is 14.9 Å². The highest BCUT2D eigenvalue weighted by atomic mass is 16.3. The van der Waals surface area contributed by atoms with Crippen LogP contribution in [0.15, 0.2) is 48.5 Å². The zero-order valence-electron chi connectivity index (χ0n) is 14.9. The SMILES string of the molecule is CC(C)(C)N1CC(c2cc(CCc3ccccc3)ncn2)=C(O)C1=O. The van der Waals surface area contributed by atoms with Gasteiger partial charge in [0, 0.05) is 16.8 Å². The number of hydrogen-bond donors (Lipinski definition) is 1. The molecule has 0 bridgehead atoms. The zero-order chi connectivity index (χ0) is 18.0. The number of hydrogen-bond acceptors (Lipinski definition) is 4. The van der Waals surface area contributed by atoms with Gasteiger partial charge in [-0.2, -0.15) is 0 Å². The molecular formula is C20H23N3O2. The molecular weight excluding hydrogens is 314 g/mol. The van der Waals surface area contributed by atoms with Gasteiger partial charge >= 0.3 is 0 Å². The van der Waals surface area contributed by atoms with Gasteiger partial charge < -0.3 is 10.0 Å². The minimum atomic E-state index is -0.351. The van der Waals surface area contributed by atoms with E-state index in [9.17, 15) is 9.90 Å². The second-order valence-electron chi connectivity index (χ2n) is 7.27. The van der Waals surface area contributed by atoms with Crippen molar-refractivity contribution in [2.24, 2.45) is 0 Å². The standard InChI is InChI=1S/C20H23N3O2/c1-20(2,3)23-12-16(18(24)19(23)25)17-11-15(21-13-22-17)10-9-14-7-5-4-6-8-14/h4-8,11,13,24H,9-10,12H2,1-3H3. The quantitative estimate of drug-likeness (QED) is 0.930. The summed E-state index contributed by atoms with van der Waals surface area (Å²) in [6.45, 7) is 6.22. The lowest BCUT2D eigenvalue weighted by molar-refractivity contribution is -0.131. The van der Waals surface area contributed by atoms with Crippen LogP contribution in [0.4, 0.5) is 0 Å². The molecule has 0 aliphatic carbocycles. The van der Waals surface area contributed by atoms with E-state index in [2.05, 4.69) is 22.1 Å². The normalized spacial score (nSPS) is 15.2. The minimum absolute atomic E-state index is 0.206. The van der Waals surface area contributed by atoms with Gasteiger partial charge in [-0.05, 0) is 45.2 Å². The van der Waals surface area contributed by atoms with Gasteiger partial charge in [0.1, 0.15) is 6.33 Å². The number of aliphatic hydroxyl groups excluding tert-OH is 1. The lowest BCUT2D eigenvalue weighted by Crippen LogP contribution is -2.43. The fourth-order valence-corrected chi connectivity index (χ4v) is 2.92. The van der Waals surface area contributed by atoms with E-state index in [1.54, 1.807) is 4.90 Å². The fourth-order valence-electron chi connectivity index (χ4n) is 2.92. The largest absolute Gasteiger partial charge is 0.503 e. The Bertz CT molecular complexity index is 807. The number of aromatic nitrogens is 2. The first-order valence-electron chi connectivity index (χ1n) is 8.45. The smallest absolute Gasteiger partial charge is 0.289 e. The van der Waals surface area contributed by atoms with Crippen molar-refractivity contribution >= 4 is 11.5 Å². The Morgan fingerprint density at radius 1 is 1.12 bits per heavy atom. The second kappa shape index (κ2) is 6.67. The van der Waals surface area contributed by atoms with Crippen molar-refractivity contribution in [1.29, 1.82) is 0 Å². The molecule has 1 N–H and O–H groups in total. The van der Waals surface area contributed by atoms with Crippen LogP contribution in [-0.4, -0.2) is 38.0 Å². The Hall–Kier alpha value is -2.69. The van der Waals surface area contributed by atoms with Gasteiger partial charge in [-0.15, -0.1) is 0 Å². The van der Waals surface area contributed by atoms with Crippen LogP contribution in [0.2, 0.25) is 0 Å². The maximum atomic E-state index is 12.3. The summed E-state index contributed by atoms with van der Waals surface area (Å²) in [5.41, 5.74) is 2.99. The Labute approximate surface area is 148 Å². The molecule has 0 saturated carbocycles. The van der Waals surface area contributed by atoms with Gasteiger partial charge in [0.05, 0.1) is 12.2 Å². The molecule has 0 atom stereocenters. The summed E-state index contributed by atoms with van der Waals surface area (Å²) >= 11 is 0. The van der Waals surface area contributed by atoms with E-state index >= 15 is 0 Å². The van der Waals surface area contributed by atoms with Crippen LogP contribution in [0, 0.1) is 0 Å². The minimum Gasteiger partial charge on any atom is -0.503 e. The van der Waals surface area contributed by atoms with Crippen molar-refractivity contribution in [3.05, 3.63) is 65.4 Å². The molecule has 1 aliphatic rings. The number of rotatable bonds is 4. The fraction of sp³-hybridized carbons (Fsp3) is 0.350. The van der Waals surface area contributed by atoms with Crippen molar-refractivity contribution in [3.63, 3.8) is 0 Å². The van der Waals surface area contributed by atoms with Crippen LogP contribution in [0.1, 0.15) is 37.7 Å². The predicted octanol–water partition coefficient (Wildman–Crippen LogP) is 3.17. The van der Waals surface area contributed by atoms with Gasteiger partial charge in [-0.25, -0.2) is 9.97 Å². The van der Waals surface area contributed by atoms with Crippen LogP contribution >= 0.6 is 0 Å². The van der Waals surface area contributed by atoms with Gasteiger partial charge in [-0.1, -0.05) is 30.3 Å². The maximum Gasteiger partial charge on any atom is 0.289 e. The van der Waals surface area contributed by atoms with Crippen LogP contribution in [0.5, 0.6) is 0 Å². The van der Waals surface area contributed by atoms with E-state index in [0.29, 0.717) is 17.8 Å². The number of aryl methyl sites for hydroxylation is 2. The van der Waals surface area contributed by atoms with Gasteiger partial charge in [0.2, 0.25) is 0 Å². The summed E-state index contributed by atoms with van der Waals surface area (Å²) in [4.78, 5) is 22.6. The Balaban J connectivity index is 1.79. The van der Waals surface area contributed by atoms with Crippen molar-refractivity contribution < 1.29 is 9.90 Å². The molecule has 5 heteroatoms. The lowest BCUT2D eigenvalue weighted by atomic mass is 10.1. The second-order valence-corrected chi connectivity index (χ2v) is 7.27. The average molecular weight is 337 g/mol. The van der Waals surface area contributed by atoms with Crippen LogP contribution in [0.3, 0.4) is 0 Å². The first-order chi connectivity index (χ1) is 11.9. The Kier molecular flexibility index (Phi) is 4.57. The topological polar surface area (TPSA) is 66.3 Å². The van der Waals surface area contributed by atoms with E-state index in [-0.39, 0.29) is 17.2 Å². The summed E-state index contributed by atoms with van der Waals surface area (Å²) in [6.07, 6.45) is 3.17. The third kappa shape index (κ3) is 3.71. The summed E-state index contributed by atoms with van der Waals surface area (Å²) in [6, 6.07) is 12.1. The first-order valence-corrected chi connectivity index (χ1v) is 8.45. The highest BCUT2D eigenvalue weighted by Gasteiger charge is 2.37. The maximum absolute atomic E-state index is 12.3. The van der Waals surface area contributed by atoms with Crippen LogP contribution < -0.4 is 0 Å². The zero-order valence-corrected chi connectivity index (χ0v) is 14.9. The number of carbonyl (C=O) groups is 1. The van der Waals surface area contributed by atoms with E-state index in [4.69, 9.17) is 0 Å². The number of aliphatic hydroxyl groups is 1. The van der Waals surface area contributed by atoms with Crippen LogP contribution in [-0.2, 0) is 17.6 Å². The van der Waals surface area contributed by atoms with E-state index < -0.39 is 0 Å². The molecule has 0 unspecified atom stereocenters. The number of amides is 1. The van der Waals surface area contributed by atoms with Crippen molar-refractivity contribution in [3.8, 4) is 0 Å². The molecule has 0 spiro atoms. The molecule has 0 fully saturated rings. The summed E-state index contributed by atoms with van der Waals surface area (Å²) in [5, 5.41) is 10.3. The Morgan fingerprint density at radius 3 is 2.48 bits per heavy atom.